The standard InChI is InChI=1S/C16H21N3O2/c20-15(18-12-6-2-1-3-7-12)14-9-5-11-19(14)16(21)13-8-4-10-17-13/h1-3,6-7,13-14,17H,4-5,8-11H2,(H,18,20). The fourth-order valence-corrected chi connectivity index (χ4v) is 3.15. The van der Waals surface area contributed by atoms with Crippen molar-refractivity contribution in [2.45, 2.75) is 37.8 Å². The summed E-state index contributed by atoms with van der Waals surface area (Å²) in [4.78, 5) is 26.7. The zero-order valence-electron chi connectivity index (χ0n) is 12.0. The molecule has 0 saturated carbocycles. The molecule has 2 heterocycles. The van der Waals surface area contributed by atoms with Crippen LogP contribution < -0.4 is 10.6 Å². The lowest BCUT2D eigenvalue weighted by Crippen LogP contribution is -2.49. The molecule has 0 radical (unpaired) electrons. The minimum Gasteiger partial charge on any atom is -0.329 e. The van der Waals surface area contributed by atoms with Crippen molar-refractivity contribution in [3.8, 4) is 0 Å². The summed E-state index contributed by atoms with van der Waals surface area (Å²) in [6.45, 7) is 1.58. The van der Waals surface area contributed by atoms with Crippen molar-refractivity contribution in [2.75, 3.05) is 18.4 Å². The molecule has 3 rings (SSSR count). The maximum Gasteiger partial charge on any atom is 0.247 e. The SMILES string of the molecule is O=C(Nc1ccccc1)C1CCCN1C(=O)C1CCCN1. The van der Waals surface area contributed by atoms with Crippen LogP contribution >= 0.6 is 0 Å². The summed E-state index contributed by atoms with van der Waals surface area (Å²) in [5.41, 5.74) is 0.779. The quantitative estimate of drug-likeness (QED) is 0.882. The lowest BCUT2D eigenvalue weighted by atomic mass is 10.1. The Hall–Kier alpha value is -1.88. The molecule has 2 N–H and O–H groups in total. The van der Waals surface area contributed by atoms with Crippen molar-refractivity contribution in [1.29, 1.82) is 0 Å². The van der Waals surface area contributed by atoms with Gasteiger partial charge in [-0.3, -0.25) is 9.59 Å². The molecule has 0 bridgehead atoms. The molecule has 112 valence electrons. The third-order valence-electron chi connectivity index (χ3n) is 4.24. The average Bonchev–Trinajstić information content (AvgIpc) is 3.19. The van der Waals surface area contributed by atoms with Crippen molar-refractivity contribution in [1.82, 2.24) is 10.2 Å². The number of likely N-dealkylation sites (tertiary alicyclic amines) is 1. The molecule has 0 aliphatic carbocycles. The Labute approximate surface area is 124 Å². The predicted molar refractivity (Wildman–Crippen MR) is 80.8 cm³/mol. The van der Waals surface area contributed by atoms with Crippen LogP contribution in [0.15, 0.2) is 30.3 Å². The van der Waals surface area contributed by atoms with E-state index in [1.807, 2.05) is 30.3 Å². The van der Waals surface area contributed by atoms with E-state index in [4.69, 9.17) is 0 Å². The summed E-state index contributed by atoms with van der Waals surface area (Å²) in [6, 6.07) is 8.96. The predicted octanol–water partition coefficient (Wildman–Crippen LogP) is 1.37. The highest BCUT2D eigenvalue weighted by atomic mass is 16.2. The molecule has 2 amide bonds. The number of para-hydroxylation sites is 1. The second kappa shape index (κ2) is 6.26. The molecule has 2 saturated heterocycles. The van der Waals surface area contributed by atoms with Gasteiger partial charge in [-0.1, -0.05) is 18.2 Å². The van der Waals surface area contributed by atoms with E-state index in [-0.39, 0.29) is 23.9 Å². The molecular weight excluding hydrogens is 266 g/mol. The van der Waals surface area contributed by atoms with E-state index in [0.717, 1.165) is 37.9 Å². The van der Waals surface area contributed by atoms with Crippen LogP contribution in [0.5, 0.6) is 0 Å². The van der Waals surface area contributed by atoms with Gasteiger partial charge in [-0.2, -0.15) is 0 Å². The lowest BCUT2D eigenvalue weighted by molar-refractivity contribution is -0.138. The van der Waals surface area contributed by atoms with Gasteiger partial charge in [0.2, 0.25) is 11.8 Å². The van der Waals surface area contributed by atoms with Gasteiger partial charge in [0.05, 0.1) is 6.04 Å². The zero-order chi connectivity index (χ0) is 14.7. The summed E-state index contributed by atoms with van der Waals surface area (Å²) in [6.07, 6.45) is 3.55. The number of benzene rings is 1. The van der Waals surface area contributed by atoms with Gasteiger partial charge in [-0.15, -0.1) is 0 Å². The molecule has 5 heteroatoms. The summed E-state index contributed by atoms with van der Waals surface area (Å²) in [5, 5.41) is 6.13. The topological polar surface area (TPSA) is 61.4 Å². The van der Waals surface area contributed by atoms with E-state index in [1.165, 1.54) is 0 Å². The van der Waals surface area contributed by atoms with E-state index in [9.17, 15) is 9.59 Å². The number of rotatable bonds is 3. The molecule has 2 atom stereocenters. The molecule has 2 fully saturated rings. The molecular formula is C16H21N3O2. The Morgan fingerprint density at radius 1 is 1.14 bits per heavy atom. The fraction of sp³-hybridized carbons (Fsp3) is 0.500. The van der Waals surface area contributed by atoms with Crippen LogP contribution in [0.4, 0.5) is 5.69 Å². The van der Waals surface area contributed by atoms with Crippen LogP contribution in [0, 0.1) is 0 Å². The van der Waals surface area contributed by atoms with Crippen LogP contribution in [0.2, 0.25) is 0 Å². The molecule has 21 heavy (non-hydrogen) atoms. The van der Waals surface area contributed by atoms with E-state index >= 15 is 0 Å². The number of carbonyl (C=O) groups excluding carboxylic acids is 2. The molecule has 0 spiro atoms. The van der Waals surface area contributed by atoms with Crippen molar-refractivity contribution in [3.05, 3.63) is 30.3 Å². The minimum absolute atomic E-state index is 0.0787. The van der Waals surface area contributed by atoms with Gasteiger partial charge in [-0.25, -0.2) is 0 Å². The minimum atomic E-state index is -0.333. The molecule has 0 aromatic heterocycles. The second-order valence-electron chi connectivity index (χ2n) is 5.69. The Bertz CT molecular complexity index is 512. The molecule has 1 aromatic carbocycles. The third-order valence-corrected chi connectivity index (χ3v) is 4.24. The van der Waals surface area contributed by atoms with Gasteiger partial charge in [-0.05, 0) is 44.4 Å². The van der Waals surface area contributed by atoms with E-state index in [1.54, 1.807) is 4.90 Å². The van der Waals surface area contributed by atoms with Crippen LogP contribution in [-0.2, 0) is 9.59 Å². The first-order valence-electron chi connectivity index (χ1n) is 7.65. The zero-order valence-corrected chi connectivity index (χ0v) is 12.0. The molecule has 1 aromatic rings. The van der Waals surface area contributed by atoms with E-state index in [0.29, 0.717) is 6.54 Å². The highest BCUT2D eigenvalue weighted by molar-refractivity contribution is 5.98. The van der Waals surface area contributed by atoms with Gasteiger partial charge < -0.3 is 15.5 Å². The summed E-state index contributed by atoms with van der Waals surface area (Å²) >= 11 is 0. The van der Waals surface area contributed by atoms with E-state index in [2.05, 4.69) is 10.6 Å². The van der Waals surface area contributed by atoms with Crippen molar-refractivity contribution < 1.29 is 9.59 Å². The number of nitrogens with one attached hydrogen (secondary N) is 2. The Morgan fingerprint density at radius 2 is 1.95 bits per heavy atom. The normalized spacial score (nSPS) is 25.0. The average molecular weight is 287 g/mol. The van der Waals surface area contributed by atoms with Crippen molar-refractivity contribution >= 4 is 17.5 Å². The van der Waals surface area contributed by atoms with Gasteiger partial charge in [0.25, 0.3) is 0 Å². The summed E-state index contributed by atoms with van der Waals surface area (Å²) < 4.78 is 0. The third kappa shape index (κ3) is 3.08. The maximum atomic E-state index is 12.5. The van der Waals surface area contributed by atoms with Crippen molar-refractivity contribution in [3.63, 3.8) is 0 Å². The second-order valence-corrected chi connectivity index (χ2v) is 5.69. The Balaban J connectivity index is 1.65. The molecule has 2 unspecified atom stereocenters. The van der Waals surface area contributed by atoms with Gasteiger partial charge in [0, 0.05) is 12.2 Å². The smallest absolute Gasteiger partial charge is 0.247 e. The van der Waals surface area contributed by atoms with Crippen LogP contribution in [0.25, 0.3) is 0 Å². The van der Waals surface area contributed by atoms with E-state index < -0.39 is 0 Å². The maximum absolute atomic E-state index is 12.5. The Kier molecular flexibility index (Phi) is 4.20. The first-order valence-corrected chi connectivity index (χ1v) is 7.65. The number of hydrogen-bond donors (Lipinski definition) is 2. The number of hydrogen-bond acceptors (Lipinski definition) is 3. The highest BCUT2D eigenvalue weighted by Gasteiger charge is 2.37. The summed E-state index contributed by atoms with van der Waals surface area (Å²) in [5.74, 6) is 0.00302. The number of anilines is 1. The van der Waals surface area contributed by atoms with Gasteiger partial charge in [0.15, 0.2) is 0 Å². The fourth-order valence-electron chi connectivity index (χ4n) is 3.15. The van der Waals surface area contributed by atoms with Gasteiger partial charge >= 0.3 is 0 Å². The summed E-state index contributed by atoms with van der Waals surface area (Å²) in [7, 11) is 0. The van der Waals surface area contributed by atoms with Crippen LogP contribution in [-0.4, -0.2) is 41.9 Å². The van der Waals surface area contributed by atoms with Crippen LogP contribution in [0.1, 0.15) is 25.7 Å². The molecule has 2 aliphatic rings. The van der Waals surface area contributed by atoms with Gasteiger partial charge in [0.1, 0.15) is 6.04 Å². The number of nitrogens with zero attached hydrogens (tertiary/aromatic N) is 1. The van der Waals surface area contributed by atoms with Crippen LogP contribution in [0.3, 0.4) is 0 Å². The largest absolute Gasteiger partial charge is 0.329 e. The first kappa shape index (κ1) is 14.1. The number of carbonyl (C=O) groups is 2. The molecule has 2 aliphatic heterocycles. The molecule has 5 nitrogen and oxygen atoms in total. The number of amides is 2. The lowest BCUT2D eigenvalue weighted by Gasteiger charge is -2.26. The first-order chi connectivity index (χ1) is 10.3. The Morgan fingerprint density at radius 3 is 2.67 bits per heavy atom. The monoisotopic (exact) mass is 287 g/mol. The highest BCUT2D eigenvalue weighted by Crippen LogP contribution is 2.22. The van der Waals surface area contributed by atoms with Crippen molar-refractivity contribution in [2.24, 2.45) is 0 Å².